The summed E-state index contributed by atoms with van der Waals surface area (Å²) in [6, 6.07) is 5.69. The van der Waals surface area contributed by atoms with Crippen LogP contribution in [0.5, 0.6) is 0 Å². The summed E-state index contributed by atoms with van der Waals surface area (Å²) in [6.45, 7) is 3.70. The van der Waals surface area contributed by atoms with Crippen LogP contribution in [-0.2, 0) is 11.3 Å². The van der Waals surface area contributed by atoms with Gasteiger partial charge in [-0.2, -0.15) is 5.10 Å². The van der Waals surface area contributed by atoms with Crippen LogP contribution >= 0.6 is 0 Å². The van der Waals surface area contributed by atoms with Gasteiger partial charge in [-0.15, -0.1) is 0 Å². The molecule has 2 aromatic rings. The van der Waals surface area contributed by atoms with Crippen molar-refractivity contribution >= 4 is 17.5 Å². The van der Waals surface area contributed by atoms with E-state index in [4.69, 9.17) is 0 Å². The summed E-state index contributed by atoms with van der Waals surface area (Å²) in [7, 11) is 0. The second-order valence-electron chi connectivity index (χ2n) is 6.15. The average Bonchev–Trinajstić information content (AvgIpc) is 3.09. The number of aryl methyl sites for hydroxylation is 1. The Labute approximate surface area is 145 Å². The fraction of sp³-hybridized carbons (Fsp3) is 0.389. The highest BCUT2D eigenvalue weighted by molar-refractivity contribution is 5.95. The number of amides is 2. The second kappa shape index (κ2) is 7.46. The predicted octanol–water partition coefficient (Wildman–Crippen LogP) is 2.53. The number of nitrogens with zero attached hydrogens (tertiary/aromatic N) is 3. The number of anilines is 1. The van der Waals surface area contributed by atoms with Gasteiger partial charge in [0.25, 0.3) is 5.91 Å². The number of carbonyl (C=O) groups excluding carboxylic acids is 2. The van der Waals surface area contributed by atoms with Crippen LogP contribution in [0.1, 0.15) is 30.1 Å². The first-order valence-corrected chi connectivity index (χ1v) is 8.45. The third-order valence-corrected chi connectivity index (χ3v) is 4.45. The molecule has 1 aliphatic rings. The van der Waals surface area contributed by atoms with Crippen molar-refractivity contribution in [1.29, 1.82) is 0 Å². The molecule has 1 saturated heterocycles. The Morgan fingerprint density at radius 1 is 1.32 bits per heavy atom. The zero-order valence-electron chi connectivity index (χ0n) is 14.1. The molecule has 0 atom stereocenters. The van der Waals surface area contributed by atoms with Crippen LogP contribution < -0.4 is 5.32 Å². The molecule has 6 nitrogen and oxygen atoms in total. The number of likely N-dealkylation sites (tertiary alicyclic amines) is 1. The highest BCUT2D eigenvalue weighted by Gasteiger charge is 2.28. The number of carbonyl (C=O) groups is 2. The van der Waals surface area contributed by atoms with E-state index >= 15 is 0 Å². The van der Waals surface area contributed by atoms with E-state index in [2.05, 4.69) is 10.4 Å². The van der Waals surface area contributed by atoms with Gasteiger partial charge in [0.2, 0.25) is 5.91 Å². The third kappa shape index (κ3) is 4.04. The van der Waals surface area contributed by atoms with E-state index in [0.717, 1.165) is 6.54 Å². The molecule has 1 fully saturated rings. The van der Waals surface area contributed by atoms with Crippen LogP contribution in [0.25, 0.3) is 0 Å². The van der Waals surface area contributed by atoms with Crippen molar-refractivity contribution in [2.24, 2.45) is 5.92 Å². The van der Waals surface area contributed by atoms with Crippen molar-refractivity contribution in [2.75, 3.05) is 18.4 Å². The summed E-state index contributed by atoms with van der Waals surface area (Å²) >= 11 is 0. The van der Waals surface area contributed by atoms with E-state index in [1.54, 1.807) is 28.0 Å². The maximum atomic E-state index is 13.3. The Morgan fingerprint density at radius 3 is 2.72 bits per heavy atom. The van der Waals surface area contributed by atoms with Crippen LogP contribution in [0.2, 0.25) is 0 Å². The van der Waals surface area contributed by atoms with E-state index in [9.17, 15) is 14.0 Å². The fourth-order valence-electron chi connectivity index (χ4n) is 2.99. The van der Waals surface area contributed by atoms with Crippen LogP contribution in [-0.4, -0.2) is 39.6 Å². The molecular formula is C18H21FN4O2. The molecule has 7 heteroatoms. The number of nitrogens with one attached hydrogen (secondary N) is 1. The Hall–Kier alpha value is -2.70. The lowest BCUT2D eigenvalue weighted by molar-refractivity contribution is -0.121. The SMILES string of the molecule is CCn1cc(NC(=O)C2CCN(C(=O)c3cccc(F)c3)CC2)cn1. The van der Waals surface area contributed by atoms with Gasteiger partial charge in [0, 0.05) is 37.3 Å². The molecule has 1 N–H and O–H groups in total. The monoisotopic (exact) mass is 344 g/mol. The molecule has 0 unspecified atom stereocenters. The highest BCUT2D eigenvalue weighted by atomic mass is 19.1. The van der Waals surface area contributed by atoms with E-state index in [0.29, 0.717) is 37.2 Å². The molecule has 0 saturated carbocycles. The first kappa shape index (κ1) is 17.1. The van der Waals surface area contributed by atoms with Gasteiger partial charge in [-0.1, -0.05) is 6.07 Å². The van der Waals surface area contributed by atoms with Gasteiger partial charge in [-0.05, 0) is 38.0 Å². The van der Waals surface area contributed by atoms with Gasteiger partial charge in [0.15, 0.2) is 0 Å². The number of piperidine rings is 1. The van der Waals surface area contributed by atoms with Gasteiger partial charge in [-0.3, -0.25) is 14.3 Å². The quantitative estimate of drug-likeness (QED) is 0.927. The third-order valence-electron chi connectivity index (χ3n) is 4.45. The van der Waals surface area contributed by atoms with Crippen molar-refractivity contribution in [3.8, 4) is 0 Å². The first-order valence-electron chi connectivity index (χ1n) is 8.45. The largest absolute Gasteiger partial charge is 0.339 e. The predicted molar refractivity (Wildman–Crippen MR) is 91.6 cm³/mol. The molecule has 25 heavy (non-hydrogen) atoms. The topological polar surface area (TPSA) is 67.2 Å². The molecule has 0 spiro atoms. The lowest BCUT2D eigenvalue weighted by Crippen LogP contribution is -2.41. The minimum absolute atomic E-state index is 0.0477. The summed E-state index contributed by atoms with van der Waals surface area (Å²) in [5.74, 6) is -0.801. The maximum Gasteiger partial charge on any atom is 0.253 e. The van der Waals surface area contributed by atoms with E-state index in [-0.39, 0.29) is 17.7 Å². The van der Waals surface area contributed by atoms with Gasteiger partial charge in [0.1, 0.15) is 5.82 Å². The molecule has 0 bridgehead atoms. The van der Waals surface area contributed by atoms with Crippen molar-refractivity contribution < 1.29 is 14.0 Å². The van der Waals surface area contributed by atoms with E-state index < -0.39 is 5.82 Å². The van der Waals surface area contributed by atoms with Crippen LogP contribution in [0.3, 0.4) is 0 Å². The maximum absolute atomic E-state index is 13.3. The number of hydrogen-bond donors (Lipinski definition) is 1. The van der Waals surface area contributed by atoms with Crippen LogP contribution in [0, 0.1) is 11.7 Å². The summed E-state index contributed by atoms with van der Waals surface area (Å²) in [5, 5.41) is 7.00. The number of benzene rings is 1. The van der Waals surface area contributed by atoms with Crippen molar-refractivity contribution in [3.63, 3.8) is 0 Å². The molecule has 2 amide bonds. The minimum Gasteiger partial charge on any atom is -0.339 e. The van der Waals surface area contributed by atoms with Crippen molar-refractivity contribution in [3.05, 3.63) is 48.0 Å². The molecule has 1 aromatic carbocycles. The normalized spacial score (nSPS) is 15.2. The average molecular weight is 344 g/mol. The first-order chi connectivity index (χ1) is 12.1. The highest BCUT2D eigenvalue weighted by Crippen LogP contribution is 2.21. The molecule has 2 heterocycles. The molecule has 1 aliphatic heterocycles. The van der Waals surface area contributed by atoms with Gasteiger partial charge in [0.05, 0.1) is 11.9 Å². The van der Waals surface area contributed by atoms with Crippen molar-refractivity contribution in [1.82, 2.24) is 14.7 Å². The van der Waals surface area contributed by atoms with E-state index in [1.165, 1.54) is 18.2 Å². The number of hydrogen-bond acceptors (Lipinski definition) is 3. The van der Waals surface area contributed by atoms with Crippen LogP contribution in [0.15, 0.2) is 36.7 Å². The number of halogens is 1. The van der Waals surface area contributed by atoms with Gasteiger partial charge >= 0.3 is 0 Å². The Morgan fingerprint density at radius 2 is 2.08 bits per heavy atom. The van der Waals surface area contributed by atoms with Crippen molar-refractivity contribution in [2.45, 2.75) is 26.3 Å². The molecule has 132 valence electrons. The summed E-state index contributed by atoms with van der Waals surface area (Å²) in [5.41, 5.74) is 1.03. The Kier molecular flexibility index (Phi) is 5.11. The minimum atomic E-state index is -0.423. The summed E-state index contributed by atoms with van der Waals surface area (Å²) in [6.07, 6.45) is 4.61. The standard InChI is InChI=1S/C18H21FN4O2/c1-2-23-12-16(11-20-23)21-17(24)13-6-8-22(9-7-13)18(25)14-4-3-5-15(19)10-14/h3-5,10-13H,2,6-9H2,1H3,(H,21,24). The summed E-state index contributed by atoms with van der Waals surface area (Å²) in [4.78, 5) is 26.4. The van der Waals surface area contributed by atoms with Crippen LogP contribution in [0.4, 0.5) is 10.1 Å². The molecule has 0 radical (unpaired) electrons. The fourth-order valence-corrected chi connectivity index (χ4v) is 2.99. The van der Waals surface area contributed by atoms with Gasteiger partial charge in [-0.25, -0.2) is 4.39 Å². The molecule has 3 rings (SSSR count). The number of aromatic nitrogens is 2. The molecular weight excluding hydrogens is 323 g/mol. The lowest BCUT2D eigenvalue weighted by Gasteiger charge is -2.31. The lowest BCUT2D eigenvalue weighted by atomic mass is 9.95. The summed E-state index contributed by atoms with van der Waals surface area (Å²) < 4.78 is 15.0. The Balaban J connectivity index is 1.54. The molecule has 1 aromatic heterocycles. The number of rotatable bonds is 4. The zero-order valence-corrected chi connectivity index (χ0v) is 14.1. The van der Waals surface area contributed by atoms with Gasteiger partial charge < -0.3 is 10.2 Å². The zero-order chi connectivity index (χ0) is 17.8. The molecule has 0 aliphatic carbocycles. The second-order valence-corrected chi connectivity index (χ2v) is 6.15. The smallest absolute Gasteiger partial charge is 0.253 e. The van der Waals surface area contributed by atoms with E-state index in [1.807, 2.05) is 6.92 Å². The Bertz CT molecular complexity index is 766.